The van der Waals surface area contributed by atoms with Gasteiger partial charge >= 0.3 is 11.9 Å². The number of hydrogen-bond acceptors (Lipinski definition) is 2. The number of carboxylic acids is 2. The van der Waals surface area contributed by atoms with E-state index in [9.17, 15) is 19.8 Å². The van der Waals surface area contributed by atoms with Crippen molar-refractivity contribution >= 4 is 11.9 Å². The highest BCUT2D eigenvalue weighted by Crippen LogP contribution is 2.44. The van der Waals surface area contributed by atoms with Crippen LogP contribution in [-0.4, -0.2) is 22.2 Å². The first-order chi connectivity index (χ1) is 14.8. The van der Waals surface area contributed by atoms with E-state index in [1.807, 2.05) is 31.2 Å². The third-order valence-electron chi connectivity index (χ3n) is 5.60. The molecule has 0 saturated heterocycles. The molecule has 0 heterocycles. The van der Waals surface area contributed by atoms with Crippen molar-refractivity contribution in [1.29, 1.82) is 0 Å². The van der Waals surface area contributed by atoms with E-state index in [2.05, 4.69) is 26.8 Å². The van der Waals surface area contributed by atoms with E-state index < -0.39 is 11.9 Å². The van der Waals surface area contributed by atoms with Crippen molar-refractivity contribution in [2.24, 2.45) is 0 Å². The Bertz CT molecular complexity index is 1140. The molecule has 31 heavy (non-hydrogen) atoms. The van der Waals surface area contributed by atoms with Crippen LogP contribution in [0.2, 0.25) is 0 Å². The van der Waals surface area contributed by atoms with E-state index >= 15 is 0 Å². The minimum Gasteiger partial charge on any atom is -0.478 e. The molecule has 0 aliphatic carbocycles. The lowest BCUT2D eigenvalue weighted by Crippen LogP contribution is -2.09. The van der Waals surface area contributed by atoms with Gasteiger partial charge in [-0.15, -0.1) is 0 Å². The first-order valence-electron chi connectivity index (χ1n) is 10.6. The summed E-state index contributed by atoms with van der Waals surface area (Å²) in [6, 6.07) is 16.1. The van der Waals surface area contributed by atoms with Crippen LogP contribution in [0.25, 0.3) is 22.3 Å². The zero-order valence-electron chi connectivity index (χ0n) is 18.4. The van der Waals surface area contributed by atoms with Crippen molar-refractivity contribution in [2.45, 2.75) is 46.5 Å². The van der Waals surface area contributed by atoms with Crippen LogP contribution in [0.1, 0.15) is 70.5 Å². The van der Waals surface area contributed by atoms with Crippen molar-refractivity contribution in [3.8, 4) is 22.3 Å². The average Bonchev–Trinajstić information content (AvgIpc) is 2.73. The maximum Gasteiger partial charge on any atom is 0.336 e. The van der Waals surface area contributed by atoms with Gasteiger partial charge in [0.25, 0.3) is 0 Å². The molecule has 0 amide bonds. The maximum atomic E-state index is 12.1. The molecule has 0 radical (unpaired) electrons. The number of carbonyl (C=O) groups is 2. The second kappa shape index (κ2) is 9.17. The Morgan fingerprint density at radius 1 is 0.839 bits per heavy atom. The zero-order chi connectivity index (χ0) is 22.7. The lowest BCUT2D eigenvalue weighted by Gasteiger charge is -2.25. The van der Waals surface area contributed by atoms with Gasteiger partial charge in [-0.05, 0) is 70.3 Å². The van der Waals surface area contributed by atoms with Crippen molar-refractivity contribution in [3.63, 3.8) is 0 Å². The van der Waals surface area contributed by atoms with Crippen LogP contribution in [0, 0.1) is 6.92 Å². The largest absolute Gasteiger partial charge is 0.478 e. The molecule has 4 heteroatoms. The number of carboxylic acid groups (broad SMARTS) is 2. The van der Waals surface area contributed by atoms with Gasteiger partial charge in [-0.1, -0.05) is 69.7 Å². The first-order valence-corrected chi connectivity index (χ1v) is 10.6. The second-order valence-corrected chi connectivity index (χ2v) is 8.12. The fourth-order valence-electron chi connectivity index (χ4n) is 4.44. The van der Waals surface area contributed by atoms with Crippen LogP contribution in [0.5, 0.6) is 0 Å². The van der Waals surface area contributed by atoms with Crippen molar-refractivity contribution in [3.05, 3.63) is 82.4 Å². The van der Waals surface area contributed by atoms with Crippen molar-refractivity contribution < 1.29 is 19.8 Å². The monoisotopic (exact) mass is 416 g/mol. The van der Waals surface area contributed by atoms with E-state index in [-0.39, 0.29) is 17.0 Å². The maximum absolute atomic E-state index is 12.1. The molecular weight excluding hydrogens is 388 g/mol. The standard InChI is InChI=1S/C27H28O4/c1-5-10-18-15-17(4)24(19-11-6-8-13-21(19)26(28)29)25(23(18)16(2)3)20-12-7-9-14-22(20)27(30)31/h6-9,11-16H,5,10H2,1-4H3,(H,28,29)(H,30,31). The molecule has 4 nitrogen and oxygen atoms in total. The predicted octanol–water partition coefficient (Wildman–Crippen LogP) is 6.80. The molecule has 0 atom stereocenters. The molecule has 0 aliphatic heterocycles. The summed E-state index contributed by atoms with van der Waals surface area (Å²) in [7, 11) is 0. The summed E-state index contributed by atoms with van der Waals surface area (Å²) in [5.41, 5.74) is 6.46. The van der Waals surface area contributed by atoms with Crippen LogP contribution >= 0.6 is 0 Å². The molecule has 0 spiro atoms. The van der Waals surface area contributed by atoms with Gasteiger partial charge in [0.1, 0.15) is 0 Å². The fraction of sp³-hybridized carbons (Fsp3) is 0.259. The molecule has 0 bridgehead atoms. The molecule has 0 unspecified atom stereocenters. The topological polar surface area (TPSA) is 74.6 Å². The van der Waals surface area contributed by atoms with Gasteiger partial charge in [-0.2, -0.15) is 0 Å². The first kappa shape index (κ1) is 22.3. The molecule has 2 N–H and O–H groups in total. The van der Waals surface area contributed by atoms with E-state index in [4.69, 9.17) is 0 Å². The molecule has 0 fully saturated rings. The Labute approximate surface area is 183 Å². The third-order valence-corrected chi connectivity index (χ3v) is 5.60. The Balaban J connectivity index is 2.56. The molecule has 3 rings (SSSR count). The number of benzene rings is 3. The zero-order valence-corrected chi connectivity index (χ0v) is 18.4. The van der Waals surface area contributed by atoms with Crippen LogP contribution in [0.4, 0.5) is 0 Å². The predicted molar refractivity (Wildman–Crippen MR) is 124 cm³/mol. The summed E-state index contributed by atoms with van der Waals surface area (Å²) in [6.07, 6.45) is 1.84. The Kier molecular flexibility index (Phi) is 6.59. The highest BCUT2D eigenvalue weighted by molar-refractivity contribution is 6.04. The van der Waals surface area contributed by atoms with Gasteiger partial charge in [0.2, 0.25) is 0 Å². The minimum absolute atomic E-state index is 0.134. The number of hydrogen-bond donors (Lipinski definition) is 2. The van der Waals surface area contributed by atoms with E-state index in [1.54, 1.807) is 24.3 Å². The highest BCUT2D eigenvalue weighted by atomic mass is 16.4. The number of aryl methyl sites for hydroxylation is 2. The SMILES string of the molecule is CCCc1cc(C)c(-c2ccccc2C(=O)O)c(-c2ccccc2C(=O)O)c1C(C)C. The van der Waals surface area contributed by atoms with Gasteiger partial charge in [0.15, 0.2) is 0 Å². The third kappa shape index (κ3) is 4.24. The number of rotatable bonds is 7. The molecule has 0 saturated carbocycles. The summed E-state index contributed by atoms with van der Waals surface area (Å²) < 4.78 is 0. The van der Waals surface area contributed by atoms with Gasteiger partial charge in [-0.3, -0.25) is 0 Å². The number of aromatic carboxylic acids is 2. The lowest BCUT2D eigenvalue weighted by molar-refractivity contribution is 0.0686. The molecule has 0 aliphatic rings. The molecule has 3 aromatic carbocycles. The van der Waals surface area contributed by atoms with Crippen LogP contribution in [0.3, 0.4) is 0 Å². The quantitative estimate of drug-likeness (QED) is 0.444. The summed E-state index contributed by atoms with van der Waals surface area (Å²) in [6.45, 7) is 8.30. The van der Waals surface area contributed by atoms with Gasteiger partial charge in [0, 0.05) is 0 Å². The van der Waals surface area contributed by atoms with E-state index in [0.29, 0.717) is 11.1 Å². The fourth-order valence-corrected chi connectivity index (χ4v) is 4.44. The second-order valence-electron chi connectivity index (χ2n) is 8.12. The molecule has 3 aromatic rings. The minimum atomic E-state index is -1.00. The average molecular weight is 417 g/mol. The lowest BCUT2D eigenvalue weighted by atomic mass is 9.78. The van der Waals surface area contributed by atoms with Crippen LogP contribution in [-0.2, 0) is 6.42 Å². The summed E-state index contributed by atoms with van der Waals surface area (Å²) in [5, 5.41) is 19.8. The van der Waals surface area contributed by atoms with E-state index in [1.165, 1.54) is 5.56 Å². The summed E-state index contributed by atoms with van der Waals surface area (Å²) >= 11 is 0. The van der Waals surface area contributed by atoms with Gasteiger partial charge < -0.3 is 10.2 Å². The van der Waals surface area contributed by atoms with Crippen LogP contribution < -0.4 is 0 Å². The molecule has 0 aromatic heterocycles. The van der Waals surface area contributed by atoms with Gasteiger partial charge in [-0.25, -0.2) is 9.59 Å². The molecular formula is C27H28O4. The summed E-state index contributed by atoms with van der Waals surface area (Å²) in [4.78, 5) is 24.1. The highest BCUT2D eigenvalue weighted by Gasteiger charge is 2.25. The van der Waals surface area contributed by atoms with Gasteiger partial charge in [0.05, 0.1) is 11.1 Å². The van der Waals surface area contributed by atoms with Crippen molar-refractivity contribution in [2.75, 3.05) is 0 Å². The van der Waals surface area contributed by atoms with Crippen molar-refractivity contribution in [1.82, 2.24) is 0 Å². The Morgan fingerprint density at radius 3 is 1.77 bits per heavy atom. The smallest absolute Gasteiger partial charge is 0.336 e. The van der Waals surface area contributed by atoms with Crippen LogP contribution in [0.15, 0.2) is 54.6 Å². The normalized spacial score (nSPS) is 11.0. The Morgan fingerprint density at radius 2 is 1.32 bits per heavy atom. The van der Waals surface area contributed by atoms with E-state index in [0.717, 1.165) is 35.1 Å². The Hall–Kier alpha value is -3.40. The summed E-state index contributed by atoms with van der Waals surface area (Å²) in [5.74, 6) is -1.87. The molecule has 160 valence electrons.